The molecule has 1 aromatic carbocycles. The summed E-state index contributed by atoms with van der Waals surface area (Å²) < 4.78 is 5.23. The molecular weight excluding hydrogens is 306 g/mol. The van der Waals surface area contributed by atoms with Crippen molar-refractivity contribution in [2.75, 3.05) is 0 Å². The minimum atomic E-state index is -0.715. The maximum Gasteiger partial charge on any atom is 0.407 e. The lowest BCUT2D eigenvalue weighted by molar-refractivity contribution is -0.143. The molecule has 0 spiro atoms. The number of aryl methyl sites for hydroxylation is 1. The molecule has 1 aliphatic rings. The molecule has 2 rings (SSSR count). The molecule has 5 nitrogen and oxygen atoms in total. The highest BCUT2D eigenvalue weighted by molar-refractivity contribution is 5.70. The third-order valence-corrected chi connectivity index (χ3v) is 4.65. The van der Waals surface area contributed by atoms with Crippen LogP contribution in [0.15, 0.2) is 24.3 Å². The van der Waals surface area contributed by atoms with Crippen LogP contribution in [-0.2, 0) is 9.53 Å². The van der Waals surface area contributed by atoms with Crippen molar-refractivity contribution in [2.24, 2.45) is 11.8 Å². The Kier molecular flexibility index (Phi) is 6.23. The minimum Gasteiger partial charge on any atom is -0.481 e. The number of aliphatic carboxylic acids is 1. The summed E-state index contributed by atoms with van der Waals surface area (Å²) in [6.45, 7) is 5.66. The first-order chi connectivity index (χ1) is 11.4. The van der Waals surface area contributed by atoms with E-state index >= 15 is 0 Å². The fourth-order valence-electron chi connectivity index (χ4n) is 3.32. The number of rotatable bonds is 5. The van der Waals surface area contributed by atoms with Crippen molar-refractivity contribution in [3.05, 3.63) is 35.4 Å². The van der Waals surface area contributed by atoms with Crippen LogP contribution in [0.4, 0.5) is 4.79 Å². The van der Waals surface area contributed by atoms with E-state index in [1.54, 1.807) is 0 Å². The Morgan fingerprint density at radius 1 is 1.12 bits per heavy atom. The average Bonchev–Trinajstić information content (AvgIpc) is 2.53. The Balaban J connectivity index is 2.12. The number of carbonyl (C=O) groups is 2. The largest absolute Gasteiger partial charge is 0.481 e. The van der Waals surface area contributed by atoms with Gasteiger partial charge in [-0.1, -0.05) is 29.8 Å². The summed E-state index contributed by atoms with van der Waals surface area (Å²) in [4.78, 5) is 23.2. The van der Waals surface area contributed by atoms with Gasteiger partial charge in [-0.3, -0.25) is 4.79 Å². The van der Waals surface area contributed by atoms with Crippen molar-refractivity contribution < 1.29 is 19.4 Å². The first kappa shape index (κ1) is 18.3. The van der Waals surface area contributed by atoms with Crippen LogP contribution in [0, 0.1) is 18.8 Å². The third-order valence-electron chi connectivity index (χ3n) is 4.65. The molecule has 24 heavy (non-hydrogen) atoms. The van der Waals surface area contributed by atoms with Crippen molar-refractivity contribution in [1.82, 2.24) is 5.32 Å². The van der Waals surface area contributed by atoms with Crippen LogP contribution >= 0.6 is 0 Å². The lowest BCUT2D eigenvalue weighted by Crippen LogP contribution is -2.37. The van der Waals surface area contributed by atoms with E-state index < -0.39 is 12.1 Å². The minimum absolute atomic E-state index is 0.147. The zero-order valence-corrected chi connectivity index (χ0v) is 14.6. The normalized spacial score (nSPS) is 22.0. The topological polar surface area (TPSA) is 75.6 Å². The van der Waals surface area contributed by atoms with Crippen molar-refractivity contribution in [1.29, 1.82) is 0 Å². The first-order valence-corrected chi connectivity index (χ1v) is 8.63. The molecule has 1 aliphatic carbocycles. The van der Waals surface area contributed by atoms with Crippen LogP contribution in [0.5, 0.6) is 0 Å². The van der Waals surface area contributed by atoms with Gasteiger partial charge in [-0.15, -0.1) is 0 Å². The smallest absolute Gasteiger partial charge is 0.407 e. The Labute approximate surface area is 143 Å². The molecule has 0 radical (unpaired) electrons. The van der Waals surface area contributed by atoms with Gasteiger partial charge in [0.1, 0.15) is 0 Å². The average molecular weight is 333 g/mol. The fourth-order valence-corrected chi connectivity index (χ4v) is 3.32. The van der Waals surface area contributed by atoms with Crippen LogP contribution in [0.25, 0.3) is 0 Å². The van der Waals surface area contributed by atoms with Crippen LogP contribution in [0.3, 0.4) is 0 Å². The Bertz CT molecular complexity index is 559. The van der Waals surface area contributed by atoms with E-state index in [1.807, 2.05) is 45.0 Å². The standard InChI is InChI=1S/C19H27NO4/c1-12(2)24-19(23)20-17(14-6-4-13(3)5-7-14)15-8-10-16(11-9-15)18(21)22/h4-7,12,15-17H,8-11H2,1-3H3,(H,20,23)(H,21,22). The molecule has 0 aliphatic heterocycles. The maximum absolute atomic E-state index is 12.1. The number of ether oxygens (including phenoxy) is 1. The molecule has 0 saturated heterocycles. The number of nitrogens with one attached hydrogen (secondary N) is 1. The number of benzene rings is 1. The summed E-state index contributed by atoms with van der Waals surface area (Å²) in [5.74, 6) is -0.752. The van der Waals surface area contributed by atoms with Gasteiger partial charge in [0, 0.05) is 0 Å². The zero-order chi connectivity index (χ0) is 17.7. The number of hydrogen-bond donors (Lipinski definition) is 2. The van der Waals surface area contributed by atoms with Crippen molar-refractivity contribution >= 4 is 12.1 Å². The summed E-state index contributed by atoms with van der Waals surface area (Å²) in [6.07, 6.45) is 2.30. The number of carbonyl (C=O) groups excluding carboxylic acids is 1. The number of alkyl carbamates (subject to hydrolysis) is 1. The highest BCUT2D eigenvalue weighted by Crippen LogP contribution is 2.37. The Morgan fingerprint density at radius 3 is 2.21 bits per heavy atom. The van der Waals surface area contributed by atoms with Gasteiger partial charge in [0.05, 0.1) is 18.1 Å². The van der Waals surface area contributed by atoms with E-state index in [1.165, 1.54) is 0 Å². The maximum atomic E-state index is 12.1. The van der Waals surface area contributed by atoms with Gasteiger partial charge >= 0.3 is 12.1 Å². The molecule has 132 valence electrons. The predicted octanol–water partition coefficient (Wildman–Crippen LogP) is 4.06. The third kappa shape index (κ3) is 4.98. The van der Waals surface area contributed by atoms with Gasteiger partial charge < -0.3 is 15.2 Å². The summed E-state index contributed by atoms with van der Waals surface area (Å²) in [6, 6.07) is 7.96. The molecule has 0 heterocycles. The molecule has 1 aromatic rings. The number of amides is 1. The van der Waals surface area contributed by atoms with Gasteiger partial charge in [0.25, 0.3) is 0 Å². The SMILES string of the molecule is Cc1ccc(C(NC(=O)OC(C)C)C2CCC(C(=O)O)CC2)cc1. The van der Waals surface area contributed by atoms with Gasteiger partial charge in [0.2, 0.25) is 0 Å². The summed E-state index contributed by atoms with van der Waals surface area (Å²) in [5.41, 5.74) is 2.21. The Hall–Kier alpha value is -2.04. The monoisotopic (exact) mass is 333 g/mol. The molecule has 1 atom stereocenters. The summed E-state index contributed by atoms with van der Waals surface area (Å²) in [7, 11) is 0. The first-order valence-electron chi connectivity index (χ1n) is 8.63. The van der Waals surface area contributed by atoms with Gasteiger partial charge in [0.15, 0.2) is 0 Å². The molecule has 1 saturated carbocycles. The second kappa shape index (κ2) is 8.18. The van der Waals surface area contributed by atoms with Crippen LogP contribution in [-0.4, -0.2) is 23.3 Å². The second-order valence-electron chi connectivity index (χ2n) is 6.94. The number of carboxylic acids is 1. The van der Waals surface area contributed by atoms with Crippen molar-refractivity contribution in [2.45, 2.75) is 58.6 Å². The lowest BCUT2D eigenvalue weighted by atomic mass is 9.76. The van der Waals surface area contributed by atoms with E-state index in [0.29, 0.717) is 12.8 Å². The molecule has 1 amide bonds. The lowest BCUT2D eigenvalue weighted by Gasteiger charge is -2.33. The van der Waals surface area contributed by atoms with Crippen LogP contribution in [0.2, 0.25) is 0 Å². The summed E-state index contributed by atoms with van der Waals surface area (Å²) in [5, 5.41) is 12.2. The van der Waals surface area contributed by atoms with E-state index in [-0.39, 0.29) is 24.0 Å². The molecular formula is C19H27NO4. The van der Waals surface area contributed by atoms with E-state index in [4.69, 9.17) is 9.84 Å². The molecule has 2 N–H and O–H groups in total. The highest BCUT2D eigenvalue weighted by atomic mass is 16.6. The van der Waals surface area contributed by atoms with Crippen molar-refractivity contribution in [3.63, 3.8) is 0 Å². The van der Waals surface area contributed by atoms with E-state index in [9.17, 15) is 9.59 Å². The van der Waals surface area contributed by atoms with Crippen LogP contribution in [0.1, 0.15) is 56.7 Å². The zero-order valence-electron chi connectivity index (χ0n) is 14.6. The van der Waals surface area contributed by atoms with E-state index in [2.05, 4.69) is 5.32 Å². The van der Waals surface area contributed by atoms with Gasteiger partial charge in [-0.2, -0.15) is 0 Å². The molecule has 0 aromatic heterocycles. The van der Waals surface area contributed by atoms with Crippen molar-refractivity contribution in [3.8, 4) is 0 Å². The fraction of sp³-hybridized carbons (Fsp3) is 0.579. The highest BCUT2D eigenvalue weighted by Gasteiger charge is 2.32. The Morgan fingerprint density at radius 2 is 1.71 bits per heavy atom. The molecule has 0 bridgehead atoms. The quantitative estimate of drug-likeness (QED) is 0.852. The van der Waals surface area contributed by atoms with E-state index in [0.717, 1.165) is 24.0 Å². The van der Waals surface area contributed by atoms with Crippen LogP contribution < -0.4 is 5.32 Å². The summed E-state index contributed by atoms with van der Waals surface area (Å²) >= 11 is 0. The van der Waals surface area contributed by atoms with Gasteiger partial charge in [-0.25, -0.2) is 4.79 Å². The van der Waals surface area contributed by atoms with Gasteiger partial charge in [-0.05, 0) is 57.9 Å². The number of carboxylic acid groups (broad SMARTS) is 1. The second-order valence-corrected chi connectivity index (χ2v) is 6.94. The molecule has 1 fully saturated rings. The molecule has 1 unspecified atom stereocenters. The number of hydrogen-bond acceptors (Lipinski definition) is 3. The predicted molar refractivity (Wildman–Crippen MR) is 91.8 cm³/mol. The molecule has 5 heteroatoms.